The Morgan fingerprint density at radius 3 is 1.94 bits per heavy atom. The first-order chi connectivity index (χ1) is 7.34. The van der Waals surface area contributed by atoms with Gasteiger partial charge < -0.3 is 0 Å². The first-order valence-corrected chi connectivity index (χ1v) is 6.21. The Kier molecular flexibility index (Phi) is 4.02. The highest BCUT2D eigenvalue weighted by Crippen LogP contribution is 2.39. The second-order valence-electron chi connectivity index (χ2n) is 5.31. The van der Waals surface area contributed by atoms with E-state index in [9.17, 15) is 0 Å². The normalized spacial score (nSPS) is 23.9. The highest BCUT2D eigenvalue weighted by atomic mass is 17.0. The molecule has 0 aliphatic carbocycles. The molecule has 94 valence electrons. The molecule has 1 aliphatic heterocycles. The van der Waals surface area contributed by atoms with Crippen LogP contribution >= 0.6 is 0 Å². The van der Waals surface area contributed by atoms with Crippen LogP contribution in [0, 0.1) is 0 Å². The lowest BCUT2D eigenvalue weighted by atomic mass is 9.90. The molecule has 0 aromatic rings. The van der Waals surface area contributed by atoms with E-state index < -0.39 is 0 Å². The molecule has 16 heavy (non-hydrogen) atoms. The molecular weight excluding hydrogens is 202 g/mol. The molecule has 0 saturated carbocycles. The lowest BCUT2D eigenvalue weighted by Crippen LogP contribution is -2.41. The minimum atomic E-state index is -0.298. The van der Waals surface area contributed by atoms with Crippen molar-refractivity contribution in [2.24, 2.45) is 0 Å². The predicted octanol–water partition coefficient (Wildman–Crippen LogP) is 3.82. The van der Waals surface area contributed by atoms with Crippen LogP contribution in [-0.4, -0.2) is 16.4 Å². The van der Waals surface area contributed by atoms with Crippen molar-refractivity contribution < 1.29 is 9.68 Å². The summed E-state index contributed by atoms with van der Waals surface area (Å²) in [6.45, 7) is 12.5. The minimum Gasteiger partial charge on any atom is -0.240 e. The van der Waals surface area contributed by atoms with Crippen LogP contribution in [0.1, 0.15) is 60.8 Å². The lowest BCUT2D eigenvalue weighted by molar-refractivity contribution is -0.304. The van der Waals surface area contributed by atoms with Crippen molar-refractivity contribution in [3.05, 3.63) is 11.8 Å². The maximum absolute atomic E-state index is 5.87. The van der Waals surface area contributed by atoms with Crippen LogP contribution < -0.4 is 0 Å². The molecule has 3 heteroatoms. The van der Waals surface area contributed by atoms with Gasteiger partial charge in [-0.1, -0.05) is 26.3 Å². The zero-order valence-corrected chi connectivity index (χ0v) is 11.5. The zero-order chi connectivity index (χ0) is 12.4. The Bertz CT molecular complexity index is 253. The Morgan fingerprint density at radius 1 is 1.06 bits per heavy atom. The SMILES string of the molecule is CC/C=C(\CCC)N1OC(C)(C)C(C)(C)O1. The molecule has 0 unspecified atom stereocenters. The van der Waals surface area contributed by atoms with Gasteiger partial charge in [-0.05, 0) is 40.5 Å². The summed E-state index contributed by atoms with van der Waals surface area (Å²) in [6, 6.07) is 0. The molecule has 0 amide bonds. The summed E-state index contributed by atoms with van der Waals surface area (Å²) in [5.41, 5.74) is 0.532. The molecule has 0 N–H and O–H groups in total. The Hall–Kier alpha value is -0.540. The molecule has 0 radical (unpaired) electrons. The Morgan fingerprint density at radius 2 is 1.56 bits per heavy atom. The topological polar surface area (TPSA) is 21.7 Å². The highest BCUT2D eigenvalue weighted by molar-refractivity contribution is 5.01. The van der Waals surface area contributed by atoms with Gasteiger partial charge in [0, 0.05) is 0 Å². The van der Waals surface area contributed by atoms with Crippen LogP contribution in [-0.2, 0) is 9.68 Å². The van der Waals surface area contributed by atoms with E-state index in [2.05, 4.69) is 47.6 Å². The van der Waals surface area contributed by atoms with E-state index in [-0.39, 0.29) is 11.2 Å². The lowest BCUT2D eigenvalue weighted by Gasteiger charge is -2.26. The van der Waals surface area contributed by atoms with Gasteiger partial charge in [0.25, 0.3) is 0 Å². The van der Waals surface area contributed by atoms with Gasteiger partial charge >= 0.3 is 0 Å². The largest absolute Gasteiger partial charge is 0.240 e. The number of allylic oxidation sites excluding steroid dienone is 2. The third-order valence-electron chi connectivity index (χ3n) is 3.25. The van der Waals surface area contributed by atoms with Crippen molar-refractivity contribution in [3.63, 3.8) is 0 Å². The number of hydroxylamine groups is 2. The van der Waals surface area contributed by atoms with Gasteiger partial charge in [0.1, 0.15) is 11.2 Å². The van der Waals surface area contributed by atoms with Gasteiger partial charge in [0.2, 0.25) is 0 Å². The van der Waals surface area contributed by atoms with Gasteiger partial charge in [0.15, 0.2) is 0 Å². The first kappa shape index (κ1) is 13.5. The van der Waals surface area contributed by atoms with E-state index in [4.69, 9.17) is 9.68 Å². The van der Waals surface area contributed by atoms with Crippen LogP contribution in [0.5, 0.6) is 0 Å². The van der Waals surface area contributed by atoms with Crippen LogP contribution in [0.25, 0.3) is 0 Å². The molecule has 1 saturated heterocycles. The fraction of sp³-hybridized carbons (Fsp3) is 0.846. The zero-order valence-electron chi connectivity index (χ0n) is 11.5. The van der Waals surface area contributed by atoms with Crippen molar-refractivity contribution in [1.82, 2.24) is 5.23 Å². The molecule has 1 heterocycles. The van der Waals surface area contributed by atoms with Crippen molar-refractivity contribution in [3.8, 4) is 0 Å². The van der Waals surface area contributed by atoms with Crippen molar-refractivity contribution in [2.75, 3.05) is 0 Å². The quantitative estimate of drug-likeness (QED) is 0.729. The van der Waals surface area contributed by atoms with Gasteiger partial charge in [-0.15, -0.1) is 5.23 Å². The summed E-state index contributed by atoms with van der Waals surface area (Å²) in [6.07, 6.45) is 5.25. The third-order valence-corrected chi connectivity index (χ3v) is 3.25. The first-order valence-electron chi connectivity index (χ1n) is 6.21. The summed E-state index contributed by atoms with van der Waals surface area (Å²) in [5, 5.41) is 1.62. The Balaban J connectivity index is 2.80. The maximum Gasteiger partial charge on any atom is 0.124 e. The van der Waals surface area contributed by atoms with E-state index in [1.165, 1.54) is 0 Å². The van der Waals surface area contributed by atoms with Gasteiger partial charge in [0.05, 0.1) is 5.70 Å². The second-order valence-corrected chi connectivity index (χ2v) is 5.31. The molecule has 0 atom stereocenters. The van der Waals surface area contributed by atoms with Gasteiger partial charge in [-0.25, -0.2) is 9.68 Å². The standard InChI is InChI=1S/C13H25NO2/c1-7-9-11(10-8-2)14-15-12(3,4)13(5,6)16-14/h9H,7-8,10H2,1-6H3/b11-9+. The van der Waals surface area contributed by atoms with E-state index in [0.29, 0.717) is 0 Å². The van der Waals surface area contributed by atoms with Crippen LogP contribution in [0.2, 0.25) is 0 Å². The molecule has 1 aliphatic rings. The molecule has 0 aromatic heterocycles. The van der Waals surface area contributed by atoms with E-state index >= 15 is 0 Å². The summed E-state index contributed by atoms with van der Waals surface area (Å²) in [7, 11) is 0. The highest BCUT2D eigenvalue weighted by Gasteiger charge is 2.50. The fourth-order valence-corrected chi connectivity index (χ4v) is 1.53. The molecular formula is C13H25NO2. The van der Waals surface area contributed by atoms with Crippen LogP contribution in [0.15, 0.2) is 11.8 Å². The number of nitrogens with zero attached hydrogens (tertiary/aromatic N) is 1. The number of rotatable bonds is 4. The van der Waals surface area contributed by atoms with E-state index in [1.807, 2.05) is 0 Å². The minimum absolute atomic E-state index is 0.298. The Labute approximate surface area is 99.3 Å². The number of hydrogen-bond donors (Lipinski definition) is 0. The summed E-state index contributed by atoms with van der Waals surface area (Å²) in [4.78, 5) is 11.7. The van der Waals surface area contributed by atoms with Crippen LogP contribution in [0.4, 0.5) is 0 Å². The summed E-state index contributed by atoms with van der Waals surface area (Å²) in [5.74, 6) is 0. The molecule has 0 bridgehead atoms. The monoisotopic (exact) mass is 227 g/mol. The number of hydrogen-bond acceptors (Lipinski definition) is 3. The van der Waals surface area contributed by atoms with Gasteiger partial charge in [-0.2, -0.15) is 0 Å². The third kappa shape index (κ3) is 2.58. The van der Waals surface area contributed by atoms with Gasteiger partial charge in [-0.3, -0.25) is 0 Å². The van der Waals surface area contributed by atoms with Crippen molar-refractivity contribution in [1.29, 1.82) is 0 Å². The second kappa shape index (κ2) is 4.76. The maximum atomic E-state index is 5.87. The average molecular weight is 227 g/mol. The van der Waals surface area contributed by atoms with Crippen LogP contribution in [0.3, 0.4) is 0 Å². The molecule has 3 nitrogen and oxygen atoms in total. The van der Waals surface area contributed by atoms with Crippen molar-refractivity contribution in [2.45, 2.75) is 72.0 Å². The summed E-state index contributed by atoms with van der Waals surface area (Å²) < 4.78 is 0. The summed E-state index contributed by atoms with van der Waals surface area (Å²) >= 11 is 0. The molecule has 1 fully saturated rings. The molecule has 0 spiro atoms. The predicted molar refractivity (Wildman–Crippen MR) is 65.4 cm³/mol. The smallest absolute Gasteiger partial charge is 0.124 e. The molecule has 1 rings (SSSR count). The average Bonchev–Trinajstić information content (AvgIpc) is 2.36. The van der Waals surface area contributed by atoms with Crippen molar-refractivity contribution >= 4 is 0 Å². The van der Waals surface area contributed by atoms with E-state index in [0.717, 1.165) is 25.0 Å². The fourth-order valence-electron chi connectivity index (χ4n) is 1.53. The van der Waals surface area contributed by atoms with E-state index in [1.54, 1.807) is 5.23 Å². The molecule has 0 aromatic carbocycles.